The number of unbranched alkanes of at least 4 members (excludes halogenated alkanes) is 15. The largest absolute Gasteiger partial charge is 0.463 e. The maximum Gasteiger partial charge on any atom is 0.333 e. The molecular weight excluding hydrogens is 400 g/mol. The van der Waals surface area contributed by atoms with Crippen molar-refractivity contribution in [2.75, 3.05) is 13.2 Å². The topological polar surface area (TPSA) is 52.6 Å². The third-order valence-corrected chi connectivity index (χ3v) is 5.24. The Morgan fingerprint density at radius 2 is 0.969 bits per heavy atom. The fourth-order valence-electron chi connectivity index (χ4n) is 3.17. The van der Waals surface area contributed by atoms with Crippen LogP contribution in [-0.4, -0.2) is 25.2 Å². The Labute approximate surface area is 199 Å². The van der Waals surface area contributed by atoms with Crippen LogP contribution in [0.25, 0.3) is 0 Å². The average molecular weight is 453 g/mol. The van der Waals surface area contributed by atoms with Gasteiger partial charge in [0.05, 0.1) is 13.2 Å². The van der Waals surface area contributed by atoms with Gasteiger partial charge in [-0.15, -0.1) is 0 Å². The standard InChI is InChI=1S/C16H30O2.C12H22O2/c1-3-5-6-7-8-9-10-11-12-13-14-15-18-16(17)4-2;1-4-5-6-7-8-9-10-14-12(13)11(2)3/h4H,2-3,5-15H2,1H3;2,4-10H2,1,3H3. The maximum atomic E-state index is 11.0. The van der Waals surface area contributed by atoms with E-state index in [9.17, 15) is 9.59 Å². The summed E-state index contributed by atoms with van der Waals surface area (Å²) in [5.74, 6) is -0.569. The van der Waals surface area contributed by atoms with Crippen LogP contribution in [0, 0.1) is 0 Å². The van der Waals surface area contributed by atoms with Crippen LogP contribution in [0.4, 0.5) is 0 Å². The van der Waals surface area contributed by atoms with Gasteiger partial charge in [-0.05, 0) is 19.8 Å². The molecule has 0 atom stereocenters. The molecule has 0 radical (unpaired) electrons. The van der Waals surface area contributed by atoms with Gasteiger partial charge >= 0.3 is 11.9 Å². The van der Waals surface area contributed by atoms with Gasteiger partial charge in [-0.25, -0.2) is 9.59 Å². The highest BCUT2D eigenvalue weighted by atomic mass is 16.5. The van der Waals surface area contributed by atoms with Crippen molar-refractivity contribution in [2.45, 2.75) is 130 Å². The van der Waals surface area contributed by atoms with Crippen molar-refractivity contribution < 1.29 is 19.1 Å². The normalized spacial score (nSPS) is 10.1. The van der Waals surface area contributed by atoms with E-state index in [0.717, 1.165) is 19.3 Å². The van der Waals surface area contributed by atoms with Crippen LogP contribution in [0.2, 0.25) is 0 Å². The van der Waals surface area contributed by atoms with Gasteiger partial charge in [0.1, 0.15) is 0 Å². The zero-order chi connectivity index (χ0) is 24.3. The molecule has 0 aliphatic rings. The first kappa shape index (κ1) is 32.6. The SMILES string of the molecule is C=C(C)C(=O)OCCCCCCCC.C=CC(=O)OCCCCCCCCCCCCC. The van der Waals surface area contributed by atoms with Crippen molar-refractivity contribution in [3.8, 4) is 0 Å². The molecule has 188 valence electrons. The first-order chi connectivity index (χ1) is 15.5. The van der Waals surface area contributed by atoms with Gasteiger partial charge in [0.25, 0.3) is 0 Å². The molecule has 0 heterocycles. The molecule has 0 amide bonds. The summed E-state index contributed by atoms with van der Waals surface area (Å²) in [6, 6.07) is 0. The summed E-state index contributed by atoms with van der Waals surface area (Å²) in [5.41, 5.74) is 0.482. The number of hydrogen-bond donors (Lipinski definition) is 0. The highest BCUT2D eigenvalue weighted by molar-refractivity contribution is 5.86. The second-order valence-electron chi connectivity index (χ2n) is 8.59. The van der Waals surface area contributed by atoms with E-state index in [4.69, 9.17) is 9.47 Å². The van der Waals surface area contributed by atoms with E-state index in [0.29, 0.717) is 18.8 Å². The van der Waals surface area contributed by atoms with Crippen molar-refractivity contribution in [2.24, 2.45) is 0 Å². The Morgan fingerprint density at radius 1 is 0.625 bits per heavy atom. The minimum Gasteiger partial charge on any atom is -0.463 e. The molecule has 0 spiro atoms. The molecule has 0 unspecified atom stereocenters. The van der Waals surface area contributed by atoms with E-state index in [1.807, 2.05) is 0 Å². The van der Waals surface area contributed by atoms with Crippen molar-refractivity contribution in [1.82, 2.24) is 0 Å². The lowest BCUT2D eigenvalue weighted by Gasteiger charge is -2.03. The fraction of sp³-hybridized carbons (Fsp3) is 0.786. The molecule has 0 aliphatic carbocycles. The van der Waals surface area contributed by atoms with Gasteiger partial charge in [0, 0.05) is 11.6 Å². The maximum absolute atomic E-state index is 11.0. The minimum absolute atomic E-state index is 0.265. The average Bonchev–Trinajstić information content (AvgIpc) is 2.79. The van der Waals surface area contributed by atoms with Gasteiger partial charge in [0.2, 0.25) is 0 Å². The smallest absolute Gasteiger partial charge is 0.333 e. The van der Waals surface area contributed by atoms with E-state index in [1.54, 1.807) is 6.92 Å². The predicted octanol–water partition coefficient (Wildman–Crippen LogP) is 8.49. The van der Waals surface area contributed by atoms with E-state index in [-0.39, 0.29) is 11.9 Å². The van der Waals surface area contributed by atoms with Crippen LogP contribution >= 0.6 is 0 Å². The van der Waals surface area contributed by atoms with E-state index in [1.165, 1.54) is 96.0 Å². The fourth-order valence-corrected chi connectivity index (χ4v) is 3.17. The van der Waals surface area contributed by atoms with Crippen LogP contribution in [0.1, 0.15) is 130 Å². The zero-order valence-electron chi connectivity index (χ0n) is 21.6. The van der Waals surface area contributed by atoms with Crippen molar-refractivity contribution in [3.63, 3.8) is 0 Å². The Hall–Kier alpha value is -1.58. The molecule has 0 bridgehead atoms. The molecule has 4 nitrogen and oxygen atoms in total. The van der Waals surface area contributed by atoms with E-state index < -0.39 is 0 Å². The lowest BCUT2D eigenvalue weighted by Crippen LogP contribution is -2.05. The first-order valence-electron chi connectivity index (χ1n) is 13.1. The van der Waals surface area contributed by atoms with Crippen LogP contribution < -0.4 is 0 Å². The minimum atomic E-state index is -0.304. The molecule has 0 aliphatic heterocycles. The molecule has 0 rings (SSSR count). The quantitative estimate of drug-likeness (QED) is 0.0995. The summed E-state index contributed by atoms with van der Waals surface area (Å²) < 4.78 is 9.89. The molecule has 0 fully saturated rings. The number of carbonyl (C=O) groups is 2. The van der Waals surface area contributed by atoms with Gasteiger partial charge in [-0.1, -0.05) is 123 Å². The zero-order valence-corrected chi connectivity index (χ0v) is 21.6. The number of hydrogen-bond acceptors (Lipinski definition) is 4. The summed E-state index contributed by atoms with van der Waals surface area (Å²) in [7, 11) is 0. The second-order valence-corrected chi connectivity index (χ2v) is 8.59. The Kier molecular flexibility index (Phi) is 28.0. The molecular formula is C28H52O4. The highest BCUT2D eigenvalue weighted by Gasteiger charge is 2.01. The van der Waals surface area contributed by atoms with Gasteiger partial charge in [0.15, 0.2) is 0 Å². The molecule has 0 aromatic heterocycles. The molecule has 0 saturated carbocycles. The van der Waals surface area contributed by atoms with Crippen LogP contribution in [-0.2, 0) is 19.1 Å². The van der Waals surface area contributed by atoms with Gasteiger partial charge < -0.3 is 9.47 Å². The Morgan fingerprint density at radius 3 is 1.31 bits per heavy atom. The van der Waals surface area contributed by atoms with Crippen LogP contribution in [0.5, 0.6) is 0 Å². The molecule has 0 N–H and O–H groups in total. The first-order valence-corrected chi connectivity index (χ1v) is 13.1. The lowest BCUT2D eigenvalue weighted by molar-refractivity contribution is -0.139. The van der Waals surface area contributed by atoms with Crippen molar-refractivity contribution in [3.05, 3.63) is 24.8 Å². The molecule has 0 aromatic carbocycles. The summed E-state index contributed by atoms with van der Waals surface area (Å²) >= 11 is 0. The summed E-state index contributed by atoms with van der Waals surface area (Å²) in [6.07, 6.45) is 22.9. The predicted molar refractivity (Wildman–Crippen MR) is 137 cm³/mol. The summed E-state index contributed by atoms with van der Waals surface area (Å²) in [6.45, 7) is 14.1. The van der Waals surface area contributed by atoms with Crippen molar-refractivity contribution in [1.29, 1.82) is 0 Å². The summed E-state index contributed by atoms with van der Waals surface area (Å²) in [5, 5.41) is 0. The monoisotopic (exact) mass is 452 g/mol. The molecule has 32 heavy (non-hydrogen) atoms. The van der Waals surface area contributed by atoms with Crippen LogP contribution in [0.3, 0.4) is 0 Å². The molecule has 4 heteroatoms. The Bertz CT molecular complexity index is 456. The third kappa shape index (κ3) is 28.4. The number of esters is 2. The van der Waals surface area contributed by atoms with Gasteiger partial charge in [-0.3, -0.25) is 0 Å². The van der Waals surface area contributed by atoms with Gasteiger partial charge in [-0.2, -0.15) is 0 Å². The molecule has 0 saturated heterocycles. The number of ether oxygens (including phenoxy) is 2. The number of carbonyl (C=O) groups excluding carboxylic acids is 2. The van der Waals surface area contributed by atoms with Crippen LogP contribution in [0.15, 0.2) is 24.8 Å². The van der Waals surface area contributed by atoms with E-state index in [2.05, 4.69) is 27.0 Å². The lowest BCUT2D eigenvalue weighted by atomic mass is 10.1. The molecule has 0 aromatic rings. The second kappa shape index (κ2) is 27.5. The summed E-state index contributed by atoms with van der Waals surface area (Å²) in [4.78, 5) is 21.7. The Balaban J connectivity index is 0. The van der Waals surface area contributed by atoms with Crippen molar-refractivity contribution >= 4 is 11.9 Å². The number of rotatable bonds is 21. The third-order valence-electron chi connectivity index (χ3n) is 5.24. The van der Waals surface area contributed by atoms with E-state index >= 15 is 0 Å². The highest BCUT2D eigenvalue weighted by Crippen LogP contribution is 2.11.